The van der Waals surface area contributed by atoms with Crippen molar-refractivity contribution in [1.29, 1.82) is 0 Å². The van der Waals surface area contributed by atoms with E-state index in [-0.39, 0.29) is 11.6 Å². The Kier molecular flexibility index (Phi) is 4.28. The summed E-state index contributed by atoms with van der Waals surface area (Å²) in [4.78, 5) is 0. The number of rotatable bonds is 3. The lowest BCUT2D eigenvalue weighted by Crippen LogP contribution is -2.15. The van der Waals surface area contributed by atoms with Crippen molar-refractivity contribution >= 4 is 10.9 Å². The van der Waals surface area contributed by atoms with Crippen molar-refractivity contribution < 1.29 is 18.3 Å². The van der Waals surface area contributed by atoms with E-state index in [0.29, 0.717) is 37.0 Å². The third-order valence-corrected chi connectivity index (χ3v) is 5.65. The van der Waals surface area contributed by atoms with Gasteiger partial charge in [-0.3, -0.25) is 0 Å². The number of aromatic nitrogens is 3. The fourth-order valence-corrected chi connectivity index (χ4v) is 4.11. The van der Waals surface area contributed by atoms with Gasteiger partial charge < -0.3 is 14.0 Å². The SMILES string of the molecule is Fc1ccc(Cn2cc3c(-c4ccc(F)cc4)nnc-3c3cc4c(cc32)OCCO4)cc1. The quantitative estimate of drug-likeness (QED) is 0.391. The van der Waals surface area contributed by atoms with E-state index in [9.17, 15) is 8.78 Å². The van der Waals surface area contributed by atoms with Crippen LogP contribution in [0.15, 0.2) is 66.9 Å². The fourth-order valence-electron chi connectivity index (χ4n) is 4.11. The minimum atomic E-state index is -0.307. The van der Waals surface area contributed by atoms with Crippen LogP contribution in [-0.2, 0) is 6.54 Å². The third kappa shape index (κ3) is 3.13. The second-order valence-corrected chi connectivity index (χ2v) is 7.71. The molecule has 0 fully saturated rings. The molecule has 0 aliphatic carbocycles. The minimum absolute atomic E-state index is 0.276. The van der Waals surface area contributed by atoms with Gasteiger partial charge in [-0.1, -0.05) is 12.1 Å². The lowest BCUT2D eigenvalue weighted by atomic mass is 10.0. The average molecular weight is 429 g/mol. The highest BCUT2D eigenvalue weighted by molar-refractivity contribution is 5.99. The first kappa shape index (κ1) is 18.7. The molecule has 3 aromatic rings. The molecule has 158 valence electrons. The van der Waals surface area contributed by atoms with Crippen LogP contribution < -0.4 is 9.47 Å². The van der Waals surface area contributed by atoms with E-state index in [1.807, 2.05) is 18.3 Å². The summed E-state index contributed by atoms with van der Waals surface area (Å²) in [6.07, 6.45) is 1.98. The third-order valence-electron chi connectivity index (χ3n) is 5.65. The molecule has 0 saturated carbocycles. The molecule has 0 bridgehead atoms. The van der Waals surface area contributed by atoms with E-state index in [0.717, 1.165) is 33.3 Å². The first-order valence-electron chi connectivity index (χ1n) is 10.2. The molecular formula is C25H17F2N3O2. The lowest BCUT2D eigenvalue weighted by molar-refractivity contribution is 0.172. The zero-order valence-corrected chi connectivity index (χ0v) is 16.9. The molecule has 7 heteroatoms. The molecule has 3 aromatic carbocycles. The average Bonchev–Trinajstić information content (AvgIpc) is 3.24. The van der Waals surface area contributed by atoms with Crippen molar-refractivity contribution in [3.63, 3.8) is 0 Å². The summed E-state index contributed by atoms with van der Waals surface area (Å²) < 4.78 is 40.5. The molecule has 3 heterocycles. The van der Waals surface area contributed by atoms with Gasteiger partial charge in [-0.05, 0) is 48.0 Å². The molecule has 0 unspecified atom stereocenters. The molecule has 6 rings (SSSR count). The molecule has 0 aromatic heterocycles. The van der Waals surface area contributed by atoms with Crippen LogP contribution in [-0.4, -0.2) is 28.0 Å². The van der Waals surface area contributed by atoms with Crippen LogP contribution in [0.3, 0.4) is 0 Å². The molecule has 0 atom stereocenters. The van der Waals surface area contributed by atoms with Gasteiger partial charge in [-0.25, -0.2) is 8.78 Å². The molecular weight excluding hydrogens is 412 g/mol. The summed E-state index contributed by atoms with van der Waals surface area (Å²) in [5, 5.41) is 9.73. The Morgan fingerprint density at radius 2 is 1.41 bits per heavy atom. The number of hydrogen-bond acceptors (Lipinski definition) is 4. The van der Waals surface area contributed by atoms with E-state index in [1.54, 1.807) is 24.3 Å². The zero-order chi connectivity index (χ0) is 21.7. The van der Waals surface area contributed by atoms with Crippen molar-refractivity contribution in [3.05, 3.63) is 84.1 Å². The van der Waals surface area contributed by atoms with E-state index in [1.165, 1.54) is 24.3 Å². The van der Waals surface area contributed by atoms with E-state index < -0.39 is 0 Å². The zero-order valence-electron chi connectivity index (χ0n) is 16.9. The number of ether oxygens (including phenoxy) is 2. The predicted octanol–water partition coefficient (Wildman–Crippen LogP) is 5.30. The second-order valence-electron chi connectivity index (χ2n) is 7.71. The summed E-state index contributed by atoms with van der Waals surface area (Å²) in [5.74, 6) is 0.755. The smallest absolute Gasteiger partial charge is 0.163 e. The van der Waals surface area contributed by atoms with Crippen molar-refractivity contribution in [1.82, 2.24) is 14.8 Å². The second kappa shape index (κ2) is 7.30. The first-order valence-corrected chi connectivity index (χ1v) is 10.2. The van der Waals surface area contributed by atoms with Crippen LogP contribution in [0.4, 0.5) is 8.78 Å². The highest BCUT2D eigenvalue weighted by atomic mass is 19.1. The normalized spacial score (nSPS) is 13.1. The summed E-state index contributed by atoms with van der Waals surface area (Å²) in [5.41, 5.74) is 4.86. The molecule has 3 aliphatic rings. The van der Waals surface area contributed by atoms with Crippen molar-refractivity contribution in [3.8, 4) is 34.0 Å². The summed E-state index contributed by atoms with van der Waals surface area (Å²) >= 11 is 0. The molecule has 0 amide bonds. The monoisotopic (exact) mass is 429 g/mol. The molecule has 5 nitrogen and oxygen atoms in total. The van der Waals surface area contributed by atoms with E-state index in [4.69, 9.17) is 9.47 Å². The van der Waals surface area contributed by atoms with Crippen molar-refractivity contribution in [2.24, 2.45) is 0 Å². The van der Waals surface area contributed by atoms with Gasteiger partial charge in [0.1, 0.15) is 36.2 Å². The maximum Gasteiger partial charge on any atom is 0.163 e. The standard InChI is InChI=1S/C25H17F2N3O2/c26-17-5-1-15(2-6-17)13-30-14-20-24(16-3-7-18(27)8-4-16)28-29-25(20)19-11-22-23(12-21(19)30)32-10-9-31-22/h1-8,11-12,14H,9-10,13H2. The fraction of sp³-hybridized carbons (Fsp3) is 0.120. The van der Waals surface area contributed by atoms with Gasteiger partial charge in [0.2, 0.25) is 0 Å². The van der Waals surface area contributed by atoms with Crippen LogP contribution >= 0.6 is 0 Å². The number of halogens is 2. The Hall–Kier alpha value is -4.00. The molecule has 0 saturated heterocycles. The van der Waals surface area contributed by atoms with Crippen LogP contribution in [0, 0.1) is 11.6 Å². The molecule has 3 aliphatic heterocycles. The maximum atomic E-state index is 13.5. The topological polar surface area (TPSA) is 49.2 Å². The van der Waals surface area contributed by atoms with Gasteiger partial charge in [0, 0.05) is 35.3 Å². The number of hydrogen-bond donors (Lipinski definition) is 0. The Labute approximate surface area is 182 Å². The highest BCUT2D eigenvalue weighted by Crippen LogP contribution is 2.41. The van der Waals surface area contributed by atoms with Crippen LogP contribution in [0.2, 0.25) is 0 Å². The number of pyridine rings is 1. The predicted molar refractivity (Wildman–Crippen MR) is 116 cm³/mol. The van der Waals surface area contributed by atoms with Gasteiger partial charge in [0.15, 0.2) is 11.5 Å². The molecule has 0 N–H and O–H groups in total. The number of nitrogens with zero attached hydrogens (tertiary/aromatic N) is 3. The molecule has 0 spiro atoms. The first-order chi connectivity index (χ1) is 15.7. The lowest BCUT2D eigenvalue weighted by Gasteiger charge is -2.21. The van der Waals surface area contributed by atoms with Gasteiger partial charge >= 0.3 is 0 Å². The van der Waals surface area contributed by atoms with Crippen molar-refractivity contribution in [2.45, 2.75) is 6.54 Å². The van der Waals surface area contributed by atoms with Gasteiger partial charge in [0.25, 0.3) is 0 Å². The summed E-state index contributed by atoms with van der Waals surface area (Å²) in [7, 11) is 0. The van der Waals surface area contributed by atoms with E-state index >= 15 is 0 Å². The van der Waals surface area contributed by atoms with Crippen molar-refractivity contribution in [2.75, 3.05) is 13.2 Å². The van der Waals surface area contributed by atoms with Gasteiger partial charge in [-0.15, -0.1) is 10.2 Å². The van der Waals surface area contributed by atoms with Gasteiger partial charge in [0.05, 0.1) is 5.52 Å². The number of benzene rings is 3. The van der Waals surface area contributed by atoms with Crippen LogP contribution in [0.25, 0.3) is 33.4 Å². The Morgan fingerprint density at radius 1 is 0.781 bits per heavy atom. The molecule has 32 heavy (non-hydrogen) atoms. The number of fused-ring (bicyclic) bond motifs is 4. The largest absolute Gasteiger partial charge is 0.486 e. The van der Waals surface area contributed by atoms with Gasteiger partial charge in [-0.2, -0.15) is 0 Å². The van der Waals surface area contributed by atoms with E-state index in [2.05, 4.69) is 14.8 Å². The molecule has 0 radical (unpaired) electrons. The van der Waals surface area contributed by atoms with Crippen LogP contribution in [0.1, 0.15) is 5.56 Å². The van der Waals surface area contributed by atoms with Crippen LogP contribution in [0.5, 0.6) is 11.5 Å². The Bertz CT molecular complexity index is 1410. The summed E-state index contributed by atoms with van der Waals surface area (Å²) in [6, 6.07) is 16.5. The Balaban J connectivity index is 1.58. The Morgan fingerprint density at radius 3 is 2.12 bits per heavy atom. The minimum Gasteiger partial charge on any atom is -0.486 e. The summed E-state index contributed by atoms with van der Waals surface area (Å²) in [6.45, 7) is 1.49. The maximum absolute atomic E-state index is 13.5. The highest BCUT2D eigenvalue weighted by Gasteiger charge is 2.23.